The summed E-state index contributed by atoms with van der Waals surface area (Å²) in [7, 11) is 0. The van der Waals surface area contributed by atoms with Gasteiger partial charge < -0.3 is 11.5 Å². The van der Waals surface area contributed by atoms with Crippen LogP contribution in [0.3, 0.4) is 0 Å². The molecule has 0 atom stereocenters. The Morgan fingerprint density at radius 2 is 1.40 bits per heavy atom. The summed E-state index contributed by atoms with van der Waals surface area (Å²) >= 11 is 4.09. The molecule has 0 aromatic heterocycles. The fourth-order valence-corrected chi connectivity index (χ4v) is 0.236. The zero-order chi connectivity index (χ0) is 8.41. The number of rotatable bonds is 3. The summed E-state index contributed by atoms with van der Waals surface area (Å²) in [5.74, 6) is 0. The van der Waals surface area contributed by atoms with Crippen LogP contribution in [0.2, 0.25) is 0 Å². The molecule has 0 spiro atoms. The van der Waals surface area contributed by atoms with Crippen molar-refractivity contribution in [1.82, 2.24) is 0 Å². The van der Waals surface area contributed by atoms with Gasteiger partial charge in [0.15, 0.2) is 5.11 Å². The summed E-state index contributed by atoms with van der Waals surface area (Å²) in [6.07, 6.45) is 5.90. The predicted molar refractivity (Wildman–Crippen MR) is 50.6 cm³/mol. The van der Waals surface area contributed by atoms with Crippen molar-refractivity contribution in [2.75, 3.05) is 0 Å². The monoisotopic (exact) mass is 158 g/mol. The molecule has 0 radical (unpaired) electrons. The first kappa shape index (κ1) is 11.9. The van der Waals surface area contributed by atoms with E-state index >= 15 is 0 Å². The molecule has 0 aromatic carbocycles. The van der Waals surface area contributed by atoms with Gasteiger partial charge in [-0.25, -0.2) is 0 Å². The van der Waals surface area contributed by atoms with Gasteiger partial charge in [0, 0.05) is 0 Å². The lowest BCUT2D eigenvalue weighted by molar-refractivity contribution is 1.06. The van der Waals surface area contributed by atoms with Crippen LogP contribution in [-0.2, 0) is 0 Å². The van der Waals surface area contributed by atoms with E-state index in [0.29, 0.717) is 0 Å². The van der Waals surface area contributed by atoms with Gasteiger partial charge >= 0.3 is 0 Å². The molecule has 0 aliphatic rings. The average Bonchev–Trinajstić information content (AvgIpc) is 1.82. The third kappa shape index (κ3) is 58.0. The minimum atomic E-state index is 0.000000000000000222. The van der Waals surface area contributed by atoms with Crippen LogP contribution in [0.1, 0.15) is 12.8 Å². The second-order valence-electron chi connectivity index (χ2n) is 1.56. The van der Waals surface area contributed by atoms with Gasteiger partial charge in [0.2, 0.25) is 0 Å². The first-order valence-corrected chi connectivity index (χ1v) is 3.32. The van der Waals surface area contributed by atoms with E-state index in [4.69, 9.17) is 0 Å². The molecular formula is C7H14N2S. The van der Waals surface area contributed by atoms with Crippen molar-refractivity contribution in [2.24, 2.45) is 11.5 Å². The number of allylic oxidation sites excluding steroid dienone is 2. The largest absolute Gasteiger partial charge is 0.377 e. The SMILES string of the molecule is C=CCCC=C.NC(N)=S. The zero-order valence-electron chi connectivity index (χ0n) is 6.05. The fourth-order valence-electron chi connectivity index (χ4n) is 0.236. The molecule has 3 heteroatoms. The van der Waals surface area contributed by atoms with Gasteiger partial charge in [-0.1, -0.05) is 12.2 Å². The molecule has 0 aliphatic carbocycles. The highest BCUT2D eigenvalue weighted by Gasteiger charge is 1.66. The Hall–Kier alpha value is -0.830. The lowest BCUT2D eigenvalue weighted by Gasteiger charge is -1.76. The van der Waals surface area contributed by atoms with E-state index in [1.165, 1.54) is 0 Å². The van der Waals surface area contributed by atoms with Crippen LogP contribution in [0.25, 0.3) is 0 Å². The van der Waals surface area contributed by atoms with Crippen LogP contribution in [0.4, 0.5) is 0 Å². The van der Waals surface area contributed by atoms with Gasteiger partial charge in [0.1, 0.15) is 0 Å². The van der Waals surface area contributed by atoms with Crippen LogP contribution >= 0.6 is 12.2 Å². The van der Waals surface area contributed by atoms with E-state index in [2.05, 4.69) is 36.8 Å². The molecule has 0 bridgehead atoms. The van der Waals surface area contributed by atoms with Gasteiger partial charge in [-0.3, -0.25) is 0 Å². The minimum absolute atomic E-state index is 0.000000000000000222. The maximum Gasteiger partial charge on any atom is 0.160 e. The highest BCUT2D eigenvalue weighted by molar-refractivity contribution is 7.80. The molecule has 2 nitrogen and oxygen atoms in total. The normalized spacial score (nSPS) is 6.80. The van der Waals surface area contributed by atoms with Crippen molar-refractivity contribution in [3.05, 3.63) is 25.3 Å². The molecular weight excluding hydrogens is 144 g/mol. The fraction of sp³-hybridized carbons (Fsp3) is 0.286. The predicted octanol–water partition coefficient (Wildman–Crippen LogP) is 1.33. The van der Waals surface area contributed by atoms with Gasteiger partial charge in [-0.05, 0) is 25.1 Å². The zero-order valence-corrected chi connectivity index (χ0v) is 6.86. The molecule has 0 aromatic rings. The Kier molecular flexibility index (Phi) is 13.1. The van der Waals surface area contributed by atoms with Crippen molar-refractivity contribution >= 4 is 17.3 Å². The maximum atomic E-state index is 4.62. The molecule has 0 rings (SSSR count). The van der Waals surface area contributed by atoms with E-state index in [1.807, 2.05) is 12.2 Å². The first-order chi connectivity index (χ1) is 4.65. The molecule has 0 aliphatic heterocycles. The smallest absolute Gasteiger partial charge is 0.160 e. The van der Waals surface area contributed by atoms with Crippen molar-refractivity contribution in [2.45, 2.75) is 12.8 Å². The molecule has 0 unspecified atom stereocenters. The molecule has 10 heavy (non-hydrogen) atoms. The summed E-state index contributed by atoms with van der Waals surface area (Å²) in [5.41, 5.74) is 9.24. The van der Waals surface area contributed by atoms with E-state index in [-0.39, 0.29) is 5.11 Å². The Morgan fingerprint density at radius 3 is 1.50 bits per heavy atom. The molecule has 0 fully saturated rings. The molecule has 4 N–H and O–H groups in total. The van der Waals surface area contributed by atoms with Crippen LogP contribution in [0.5, 0.6) is 0 Å². The molecule has 0 saturated heterocycles. The second-order valence-corrected chi connectivity index (χ2v) is 2.03. The van der Waals surface area contributed by atoms with Crippen molar-refractivity contribution < 1.29 is 0 Å². The topological polar surface area (TPSA) is 52.0 Å². The Bertz CT molecular complexity index is 98.2. The third-order valence-corrected chi connectivity index (χ3v) is 0.575. The van der Waals surface area contributed by atoms with Crippen molar-refractivity contribution in [1.29, 1.82) is 0 Å². The summed E-state index contributed by atoms with van der Waals surface area (Å²) in [6.45, 7) is 7.10. The molecule has 0 heterocycles. The molecule has 0 saturated carbocycles. The standard InChI is InChI=1S/C6H10.CH4N2S/c1-3-5-6-4-2;2-1(3)4/h3-4H,1-2,5-6H2;(H4,2,3,4). The van der Waals surface area contributed by atoms with Gasteiger partial charge in [0.05, 0.1) is 0 Å². The van der Waals surface area contributed by atoms with Gasteiger partial charge in [0.25, 0.3) is 0 Å². The summed E-state index contributed by atoms with van der Waals surface area (Å²) < 4.78 is 0. The summed E-state index contributed by atoms with van der Waals surface area (Å²) in [6, 6.07) is 0. The Morgan fingerprint density at radius 1 is 1.20 bits per heavy atom. The number of hydrogen-bond donors (Lipinski definition) is 2. The van der Waals surface area contributed by atoms with Gasteiger partial charge in [-0.2, -0.15) is 0 Å². The van der Waals surface area contributed by atoms with Crippen LogP contribution < -0.4 is 11.5 Å². The Labute approximate surface area is 67.6 Å². The number of hydrogen-bond acceptors (Lipinski definition) is 1. The molecule has 0 amide bonds. The third-order valence-electron chi connectivity index (χ3n) is 0.575. The Balaban J connectivity index is 0. The maximum absolute atomic E-state index is 4.62. The minimum Gasteiger partial charge on any atom is -0.377 e. The number of nitrogens with two attached hydrogens (primary N) is 2. The van der Waals surface area contributed by atoms with Crippen LogP contribution in [0, 0.1) is 0 Å². The van der Waals surface area contributed by atoms with Crippen molar-refractivity contribution in [3.8, 4) is 0 Å². The van der Waals surface area contributed by atoms with E-state index in [1.54, 1.807) is 0 Å². The highest BCUT2D eigenvalue weighted by atomic mass is 32.1. The summed E-state index contributed by atoms with van der Waals surface area (Å²) in [4.78, 5) is 0. The van der Waals surface area contributed by atoms with Crippen LogP contribution in [0.15, 0.2) is 25.3 Å². The number of thiocarbonyl (C=S) groups is 1. The lowest BCUT2D eigenvalue weighted by atomic mass is 10.3. The van der Waals surface area contributed by atoms with Crippen LogP contribution in [-0.4, -0.2) is 5.11 Å². The van der Waals surface area contributed by atoms with Gasteiger partial charge in [-0.15, -0.1) is 13.2 Å². The summed E-state index contributed by atoms with van der Waals surface area (Å²) in [5, 5.41) is 0.000000000000000222. The average molecular weight is 158 g/mol. The first-order valence-electron chi connectivity index (χ1n) is 2.91. The van der Waals surface area contributed by atoms with E-state index in [0.717, 1.165) is 12.8 Å². The van der Waals surface area contributed by atoms with Crippen molar-refractivity contribution in [3.63, 3.8) is 0 Å². The quantitative estimate of drug-likeness (QED) is 0.370. The van der Waals surface area contributed by atoms with E-state index in [9.17, 15) is 0 Å². The lowest BCUT2D eigenvalue weighted by Crippen LogP contribution is -2.18. The molecule has 58 valence electrons. The number of unbranched alkanes of at least 4 members (excludes halogenated alkanes) is 1. The highest BCUT2D eigenvalue weighted by Crippen LogP contribution is 1.86. The van der Waals surface area contributed by atoms with E-state index < -0.39 is 0 Å². The second kappa shape index (κ2) is 11.0.